The number of carbonyl (C=O) groups is 2. The van der Waals surface area contributed by atoms with Crippen LogP contribution in [0.5, 0.6) is 17.2 Å². The monoisotopic (exact) mass is 672 g/mol. The number of methoxy groups -OCH3 is 1. The van der Waals surface area contributed by atoms with E-state index in [1.165, 1.54) is 16.7 Å². The minimum absolute atomic E-state index is 0.0160. The second-order valence-corrected chi connectivity index (χ2v) is 10.3. The molecule has 4 aromatic rings. The molecule has 0 fully saturated rings. The fourth-order valence-corrected chi connectivity index (χ4v) is 4.29. The number of likely N-dealkylation sites (N-methyl/N-ethyl adjacent to an activating group) is 1. The van der Waals surface area contributed by atoms with Crippen molar-refractivity contribution in [2.45, 2.75) is 25.4 Å². The molecule has 5 N–H and O–H groups in total. The number of carboxylic acids is 1. The van der Waals surface area contributed by atoms with E-state index in [-0.39, 0.29) is 18.3 Å². The number of alkyl halides is 3. The van der Waals surface area contributed by atoms with Crippen LogP contribution in [0.25, 0.3) is 5.69 Å². The van der Waals surface area contributed by atoms with E-state index >= 15 is 0 Å². The predicted octanol–water partition coefficient (Wildman–Crippen LogP) is 3.73. The first-order valence-electron chi connectivity index (χ1n) is 14.3. The third-order valence-electron chi connectivity index (χ3n) is 6.75. The number of rotatable bonds is 12. The van der Waals surface area contributed by atoms with E-state index in [1.54, 1.807) is 50.5 Å². The summed E-state index contributed by atoms with van der Waals surface area (Å²) in [7, 11) is 4.86. The Kier molecular flexibility index (Phi) is 12.3. The summed E-state index contributed by atoms with van der Waals surface area (Å²) < 4.78 is 50.1. The number of aliphatic carboxylic acids is 1. The molecule has 4 rings (SSSR count). The fourth-order valence-electron chi connectivity index (χ4n) is 4.29. The van der Waals surface area contributed by atoms with Crippen LogP contribution in [-0.2, 0) is 16.0 Å². The molecule has 1 heterocycles. The first-order valence-corrected chi connectivity index (χ1v) is 14.3. The number of amidine groups is 1. The summed E-state index contributed by atoms with van der Waals surface area (Å²) in [4.78, 5) is 38.5. The van der Waals surface area contributed by atoms with Crippen LogP contribution in [0.1, 0.15) is 35.4 Å². The number of nitrogens with zero attached hydrogens (tertiary/aromatic N) is 3. The van der Waals surface area contributed by atoms with Crippen LogP contribution >= 0.6 is 0 Å². The highest BCUT2D eigenvalue weighted by molar-refractivity contribution is 5.94. The maximum atomic E-state index is 13.1. The number of nitrogen functional groups attached to an aromatic ring is 1. The Hall–Kier alpha value is -5.80. The number of amides is 1. The van der Waals surface area contributed by atoms with Gasteiger partial charge in [-0.1, -0.05) is 42.5 Å². The van der Waals surface area contributed by atoms with Gasteiger partial charge in [0.1, 0.15) is 23.1 Å². The van der Waals surface area contributed by atoms with Gasteiger partial charge in [0.2, 0.25) is 0 Å². The molecule has 0 saturated heterocycles. The molecule has 0 aliphatic rings. The highest BCUT2D eigenvalue weighted by Crippen LogP contribution is 2.35. The molecular weight excluding hydrogens is 637 g/mol. The second-order valence-electron chi connectivity index (χ2n) is 10.3. The summed E-state index contributed by atoms with van der Waals surface area (Å²) in [6.07, 6.45) is -4.61. The van der Waals surface area contributed by atoms with E-state index in [4.69, 9.17) is 35.3 Å². The third-order valence-corrected chi connectivity index (χ3v) is 6.75. The fraction of sp³-hybridized carbons (Fsp3) is 0.281. The summed E-state index contributed by atoms with van der Waals surface area (Å²) in [6.45, 7) is 2.12. The number of hydrogen-bond acceptors (Lipinski definition) is 8. The Morgan fingerprint density at radius 2 is 1.69 bits per heavy atom. The number of para-hydroxylation sites is 2. The summed E-state index contributed by atoms with van der Waals surface area (Å²) in [5.74, 6) is -1.48. The standard InChI is InChI=1S/C30H34N6O5.C2HF3O2/c1-5-40-26-17-21(14-15-25(26)41-18-27(37)35(2)3)22(16-19-10-12-20(13-11-19)28(31)32)29-33-30(38)36(34-29)23-8-6-7-9-24(23)39-4;3-2(4,5)1(6)7/h6-15,17,22H,5,16,18H2,1-4H3,(H3,31,32)(H,33,34,38);(H,6,7). The molecule has 1 amide bonds. The molecule has 1 aromatic heterocycles. The number of nitrogens with one attached hydrogen (secondary N) is 2. The van der Waals surface area contributed by atoms with E-state index in [0.717, 1.165) is 11.1 Å². The number of ether oxygens (including phenoxy) is 3. The zero-order chi connectivity index (χ0) is 35.6. The lowest BCUT2D eigenvalue weighted by atomic mass is 9.90. The molecular formula is C32H35F3N6O7. The van der Waals surface area contributed by atoms with Crippen molar-refractivity contribution < 1.29 is 42.1 Å². The van der Waals surface area contributed by atoms with Gasteiger partial charge in [-0.25, -0.2) is 9.59 Å². The number of aromatic amines is 1. The summed E-state index contributed by atoms with van der Waals surface area (Å²) in [5, 5.41) is 19.5. The number of aromatic nitrogens is 3. The molecule has 1 atom stereocenters. The normalized spacial score (nSPS) is 11.5. The minimum atomic E-state index is -5.08. The molecule has 0 radical (unpaired) electrons. The SMILES string of the molecule is CCOc1cc(C(Cc2ccc(C(=N)N)cc2)c2nn(-c3ccccc3OC)c(=O)[nH]2)ccc1OCC(=O)N(C)C.O=C(O)C(F)(F)F. The third kappa shape index (κ3) is 9.60. The van der Waals surface area contributed by atoms with Gasteiger partial charge >= 0.3 is 17.8 Å². The Morgan fingerprint density at radius 1 is 1.04 bits per heavy atom. The average Bonchev–Trinajstić information content (AvgIpc) is 3.43. The smallest absolute Gasteiger partial charge is 0.490 e. The Morgan fingerprint density at radius 3 is 2.25 bits per heavy atom. The van der Waals surface area contributed by atoms with Crippen molar-refractivity contribution >= 4 is 17.7 Å². The Balaban J connectivity index is 0.000000804. The highest BCUT2D eigenvalue weighted by Gasteiger charge is 2.38. The summed E-state index contributed by atoms with van der Waals surface area (Å²) >= 11 is 0. The van der Waals surface area contributed by atoms with Gasteiger partial charge in [-0.05, 0) is 48.7 Å². The first-order chi connectivity index (χ1) is 22.7. The number of carbonyl (C=O) groups excluding carboxylic acids is 1. The van der Waals surface area contributed by atoms with Crippen LogP contribution in [0.15, 0.2) is 71.5 Å². The Bertz CT molecular complexity index is 1790. The number of benzene rings is 3. The molecule has 1 unspecified atom stereocenters. The van der Waals surface area contributed by atoms with E-state index in [9.17, 15) is 22.8 Å². The van der Waals surface area contributed by atoms with Crippen LogP contribution < -0.4 is 25.6 Å². The van der Waals surface area contributed by atoms with Crippen LogP contribution in [0.2, 0.25) is 0 Å². The Labute approximate surface area is 273 Å². The minimum Gasteiger partial charge on any atom is -0.494 e. The van der Waals surface area contributed by atoms with E-state index < -0.39 is 23.8 Å². The van der Waals surface area contributed by atoms with Crippen molar-refractivity contribution in [3.8, 4) is 22.9 Å². The van der Waals surface area contributed by atoms with Crippen molar-refractivity contribution in [1.82, 2.24) is 19.7 Å². The van der Waals surface area contributed by atoms with Gasteiger partial charge in [0.15, 0.2) is 18.1 Å². The molecule has 0 spiro atoms. The predicted molar refractivity (Wildman–Crippen MR) is 169 cm³/mol. The summed E-state index contributed by atoms with van der Waals surface area (Å²) in [5.41, 5.74) is 8.12. The lowest BCUT2D eigenvalue weighted by Crippen LogP contribution is -2.27. The van der Waals surface area contributed by atoms with Crippen molar-refractivity contribution in [3.05, 3.63) is 99.7 Å². The number of halogens is 3. The van der Waals surface area contributed by atoms with Gasteiger partial charge in [-0.15, -0.1) is 5.10 Å². The maximum Gasteiger partial charge on any atom is 0.490 e. The molecule has 0 aliphatic heterocycles. The highest BCUT2D eigenvalue weighted by atomic mass is 19.4. The average molecular weight is 673 g/mol. The van der Waals surface area contributed by atoms with Gasteiger partial charge < -0.3 is 30.0 Å². The zero-order valence-corrected chi connectivity index (χ0v) is 26.5. The largest absolute Gasteiger partial charge is 0.494 e. The van der Waals surface area contributed by atoms with Gasteiger partial charge in [-0.2, -0.15) is 17.9 Å². The van der Waals surface area contributed by atoms with Gasteiger partial charge in [0.05, 0.1) is 13.7 Å². The maximum absolute atomic E-state index is 13.1. The lowest BCUT2D eigenvalue weighted by molar-refractivity contribution is -0.192. The zero-order valence-electron chi connectivity index (χ0n) is 26.5. The topological polar surface area (TPSA) is 186 Å². The number of nitrogens with two attached hydrogens (primary N) is 1. The van der Waals surface area contributed by atoms with Crippen LogP contribution in [0.3, 0.4) is 0 Å². The molecule has 16 heteroatoms. The lowest BCUT2D eigenvalue weighted by Gasteiger charge is -2.19. The van der Waals surface area contributed by atoms with Gasteiger partial charge in [0, 0.05) is 25.6 Å². The number of H-pyrrole nitrogens is 1. The number of carboxylic acid groups (broad SMARTS) is 1. The van der Waals surface area contributed by atoms with E-state index in [0.29, 0.717) is 47.4 Å². The van der Waals surface area contributed by atoms with E-state index in [2.05, 4.69) is 10.1 Å². The molecule has 3 aromatic carbocycles. The van der Waals surface area contributed by atoms with Gasteiger partial charge in [0.25, 0.3) is 5.91 Å². The van der Waals surface area contributed by atoms with Gasteiger partial charge in [-0.3, -0.25) is 15.2 Å². The van der Waals surface area contributed by atoms with Crippen molar-refractivity contribution in [3.63, 3.8) is 0 Å². The molecule has 0 saturated carbocycles. The van der Waals surface area contributed by atoms with E-state index in [1.807, 2.05) is 37.3 Å². The number of hydrogen-bond donors (Lipinski definition) is 4. The quantitative estimate of drug-likeness (QED) is 0.129. The molecule has 256 valence electrons. The summed E-state index contributed by atoms with van der Waals surface area (Å²) in [6, 6.07) is 20.0. The second kappa shape index (κ2) is 16.2. The molecule has 13 nitrogen and oxygen atoms in total. The first kappa shape index (κ1) is 36.7. The van der Waals surface area contributed by atoms with Crippen molar-refractivity contribution in [2.24, 2.45) is 5.73 Å². The molecule has 48 heavy (non-hydrogen) atoms. The van der Waals surface area contributed by atoms with Crippen LogP contribution in [0.4, 0.5) is 13.2 Å². The molecule has 0 aliphatic carbocycles. The van der Waals surface area contributed by atoms with Crippen molar-refractivity contribution in [1.29, 1.82) is 5.41 Å². The van der Waals surface area contributed by atoms with Crippen LogP contribution in [-0.4, -0.2) is 83.1 Å². The molecule has 0 bridgehead atoms. The van der Waals surface area contributed by atoms with Crippen molar-refractivity contribution in [2.75, 3.05) is 34.4 Å². The van der Waals surface area contributed by atoms with Crippen LogP contribution in [0, 0.1) is 5.41 Å².